The van der Waals surface area contributed by atoms with Gasteiger partial charge in [0.1, 0.15) is 11.9 Å². The lowest BCUT2D eigenvalue weighted by molar-refractivity contribution is -0.385. The first-order valence-corrected chi connectivity index (χ1v) is 8.36. The number of alkyl halides is 3. The normalized spacial score (nSPS) is 11.6. The van der Waals surface area contributed by atoms with Crippen molar-refractivity contribution in [2.45, 2.75) is 6.18 Å². The third-order valence-corrected chi connectivity index (χ3v) is 4.23. The van der Waals surface area contributed by atoms with Gasteiger partial charge in [-0.1, -0.05) is 0 Å². The van der Waals surface area contributed by atoms with Crippen LogP contribution in [0.25, 0.3) is 28.4 Å². The number of pyridine rings is 1. The van der Waals surface area contributed by atoms with Crippen LogP contribution >= 0.6 is 0 Å². The molecule has 0 aliphatic rings. The van der Waals surface area contributed by atoms with Crippen molar-refractivity contribution in [1.29, 1.82) is 0 Å². The summed E-state index contributed by atoms with van der Waals surface area (Å²) in [5, 5.41) is 18.8. The van der Waals surface area contributed by atoms with Crippen LogP contribution in [0.15, 0.2) is 48.7 Å². The van der Waals surface area contributed by atoms with E-state index in [4.69, 9.17) is 4.74 Å². The first-order chi connectivity index (χ1) is 14.3. The molecule has 0 atom stereocenters. The van der Waals surface area contributed by atoms with E-state index in [0.29, 0.717) is 5.52 Å². The molecule has 0 unspecified atom stereocenters. The highest BCUT2D eigenvalue weighted by Crippen LogP contribution is 2.34. The maximum atomic E-state index is 13.1. The lowest BCUT2D eigenvalue weighted by atomic mass is 10.2. The molecule has 0 N–H and O–H groups in total. The second kappa shape index (κ2) is 7.06. The minimum Gasteiger partial charge on any atom is -0.480 e. The lowest BCUT2D eigenvalue weighted by Gasteiger charge is -2.09. The molecule has 0 saturated carbocycles. The molecule has 0 bridgehead atoms. The van der Waals surface area contributed by atoms with E-state index in [1.807, 2.05) is 0 Å². The number of benzene rings is 1. The first kappa shape index (κ1) is 19.2. The molecular weight excluding hydrogens is 405 g/mol. The number of nitro groups is 1. The monoisotopic (exact) mass is 416 g/mol. The molecule has 30 heavy (non-hydrogen) atoms. The maximum absolute atomic E-state index is 13.1. The van der Waals surface area contributed by atoms with Crippen molar-refractivity contribution in [3.63, 3.8) is 0 Å². The molecule has 9 nitrogen and oxygen atoms in total. The molecule has 1 aromatic carbocycles. The fourth-order valence-electron chi connectivity index (χ4n) is 2.83. The van der Waals surface area contributed by atoms with Crippen molar-refractivity contribution in [2.24, 2.45) is 0 Å². The third-order valence-electron chi connectivity index (χ3n) is 4.23. The summed E-state index contributed by atoms with van der Waals surface area (Å²) < 4.78 is 45.8. The van der Waals surface area contributed by atoms with E-state index >= 15 is 0 Å². The number of nitrogens with zero attached hydrogens (tertiary/aromatic N) is 6. The number of ether oxygens (including phenoxy) is 1. The largest absolute Gasteiger partial charge is 0.480 e. The summed E-state index contributed by atoms with van der Waals surface area (Å²) in [4.78, 5) is 18.6. The van der Waals surface area contributed by atoms with E-state index in [2.05, 4.69) is 20.2 Å². The van der Waals surface area contributed by atoms with E-state index in [9.17, 15) is 23.3 Å². The summed E-state index contributed by atoms with van der Waals surface area (Å²) in [6.45, 7) is 0. The highest BCUT2D eigenvalue weighted by Gasteiger charge is 2.31. The number of methoxy groups -OCH3 is 1. The van der Waals surface area contributed by atoms with E-state index in [-0.39, 0.29) is 34.4 Å². The Kier molecular flexibility index (Phi) is 4.53. The van der Waals surface area contributed by atoms with Crippen LogP contribution in [0.4, 0.5) is 18.9 Å². The van der Waals surface area contributed by atoms with Crippen LogP contribution in [0.1, 0.15) is 5.56 Å². The number of aromatic nitrogens is 5. The number of imidazole rings is 1. The van der Waals surface area contributed by atoms with Crippen molar-refractivity contribution < 1.29 is 22.8 Å². The number of hydrogen-bond acceptors (Lipinski definition) is 7. The number of fused-ring (bicyclic) bond motifs is 1. The van der Waals surface area contributed by atoms with Gasteiger partial charge in [-0.3, -0.25) is 14.7 Å². The van der Waals surface area contributed by atoms with E-state index in [0.717, 1.165) is 18.3 Å². The predicted octanol–water partition coefficient (Wildman–Crippen LogP) is 3.81. The van der Waals surface area contributed by atoms with Crippen LogP contribution in [0, 0.1) is 10.1 Å². The van der Waals surface area contributed by atoms with Gasteiger partial charge in [0.25, 0.3) is 5.69 Å². The Balaban J connectivity index is 1.95. The Hall–Kier alpha value is -4.09. The summed E-state index contributed by atoms with van der Waals surface area (Å²) in [6, 6.07) is 8.79. The SMILES string of the molecule is COc1ccc(-n2c(-c3ccc([N+](=O)[O-])cn3)nc3cc(C(F)(F)F)ccc32)nn1. The fourth-order valence-corrected chi connectivity index (χ4v) is 2.83. The Labute approximate surface area is 165 Å². The van der Waals surface area contributed by atoms with Crippen LogP contribution in [0.3, 0.4) is 0 Å². The summed E-state index contributed by atoms with van der Waals surface area (Å²) in [5.41, 5.74) is -0.494. The molecule has 0 saturated heterocycles. The lowest BCUT2D eigenvalue weighted by Crippen LogP contribution is -2.05. The van der Waals surface area contributed by atoms with Gasteiger partial charge in [0.05, 0.1) is 28.6 Å². The van der Waals surface area contributed by atoms with E-state index < -0.39 is 16.7 Å². The molecule has 4 rings (SSSR count). The van der Waals surface area contributed by atoms with Gasteiger partial charge in [-0.25, -0.2) is 9.97 Å². The Morgan fingerprint density at radius 1 is 1.10 bits per heavy atom. The average Bonchev–Trinajstić information content (AvgIpc) is 3.12. The zero-order valence-corrected chi connectivity index (χ0v) is 15.2. The topological polar surface area (TPSA) is 109 Å². The zero-order valence-electron chi connectivity index (χ0n) is 15.2. The third kappa shape index (κ3) is 3.38. The van der Waals surface area contributed by atoms with Crippen molar-refractivity contribution in [1.82, 2.24) is 24.7 Å². The van der Waals surface area contributed by atoms with E-state index in [1.54, 1.807) is 6.07 Å². The summed E-state index contributed by atoms with van der Waals surface area (Å²) >= 11 is 0. The summed E-state index contributed by atoms with van der Waals surface area (Å²) in [7, 11) is 1.42. The predicted molar refractivity (Wildman–Crippen MR) is 98.1 cm³/mol. The molecule has 12 heteroatoms. The molecule has 0 radical (unpaired) electrons. The molecule has 4 aromatic rings. The van der Waals surface area contributed by atoms with Crippen LogP contribution in [-0.4, -0.2) is 36.8 Å². The van der Waals surface area contributed by atoms with Gasteiger partial charge in [-0.05, 0) is 30.3 Å². The van der Waals surface area contributed by atoms with Gasteiger partial charge in [-0.15, -0.1) is 10.2 Å². The fraction of sp³-hybridized carbons (Fsp3) is 0.111. The highest BCUT2D eigenvalue weighted by molar-refractivity contribution is 5.83. The Morgan fingerprint density at radius 2 is 1.90 bits per heavy atom. The van der Waals surface area contributed by atoms with Crippen molar-refractivity contribution in [2.75, 3.05) is 7.11 Å². The smallest absolute Gasteiger partial charge is 0.416 e. The molecule has 152 valence electrons. The standard InChI is InChI=1S/C18H11F3N6O3/c1-30-16-7-6-15(24-25-16)26-14-5-2-10(18(19,20)21)8-13(14)23-17(26)12-4-3-11(9-22-12)27(28)29/h2-9H,1H3. The second-order valence-electron chi connectivity index (χ2n) is 6.06. The molecule has 0 aliphatic heterocycles. The summed E-state index contributed by atoms with van der Waals surface area (Å²) in [5.74, 6) is 0.657. The van der Waals surface area contributed by atoms with Crippen LogP contribution in [0.5, 0.6) is 5.88 Å². The van der Waals surface area contributed by atoms with Crippen LogP contribution in [-0.2, 0) is 6.18 Å². The van der Waals surface area contributed by atoms with Crippen molar-refractivity contribution in [3.05, 3.63) is 64.3 Å². The molecule has 3 heterocycles. The minimum atomic E-state index is -4.54. The molecule has 0 amide bonds. The maximum Gasteiger partial charge on any atom is 0.416 e. The highest BCUT2D eigenvalue weighted by atomic mass is 19.4. The summed E-state index contributed by atoms with van der Waals surface area (Å²) in [6.07, 6.45) is -3.50. The van der Waals surface area contributed by atoms with Gasteiger partial charge >= 0.3 is 6.18 Å². The van der Waals surface area contributed by atoms with Gasteiger partial charge in [0.15, 0.2) is 11.6 Å². The minimum absolute atomic E-state index is 0.0533. The quantitative estimate of drug-likeness (QED) is 0.368. The van der Waals surface area contributed by atoms with Gasteiger partial charge in [-0.2, -0.15) is 13.2 Å². The van der Waals surface area contributed by atoms with Gasteiger partial charge < -0.3 is 4.74 Å². The number of halogens is 3. The van der Waals surface area contributed by atoms with Gasteiger partial charge in [0.2, 0.25) is 5.88 Å². The Bertz CT molecular complexity index is 1240. The molecule has 0 aliphatic carbocycles. The second-order valence-corrected chi connectivity index (χ2v) is 6.06. The van der Waals surface area contributed by atoms with Gasteiger partial charge in [0, 0.05) is 12.1 Å². The first-order valence-electron chi connectivity index (χ1n) is 8.36. The van der Waals surface area contributed by atoms with E-state index in [1.165, 1.54) is 35.9 Å². The number of rotatable bonds is 4. The Morgan fingerprint density at radius 3 is 2.47 bits per heavy atom. The molecule has 0 spiro atoms. The molecule has 0 fully saturated rings. The molecular formula is C18H11F3N6O3. The zero-order chi connectivity index (χ0) is 21.5. The number of hydrogen-bond donors (Lipinski definition) is 0. The van der Waals surface area contributed by atoms with Crippen LogP contribution in [0.2, 0.25) is 0 Å². The van der Waals surface area contributed by atoms with Crippen molar-refractivity contribution in [3.8, 4) is 23.2 Å². The van der Waals surface area contributed by atoms with Crippen LogP contribution < -0.4 is 4.74 Å². The average molecular weight is 416 g/mol. The molecule has 3 aromatic heterocycles. The van der Waals surface area contributed by atoms with Crippen molar-refractivity contribution >= 4 is 16.7 Å².